The van der Waals surface area contributed by atoms with Crippen molar-refractivity contribution < 1.29 is 17.9 Å². The van der Waals surface area contributed by atoms with Crippen LogP contribution in [0.3, 0.4) is 0 Å². The number of hydrogen-bond acceptors (Lipinski definition) is 4. The maximum Gasteiger partial charge on any atom is 0.421 e. The van der Waals surface area contributed by atoms with E-state index >= 15 is 0 Å². The number of guanidine groups is 1. The summed E-state index contributed by atoms with van der Waals surface area (Å²) in [5, 5.41) is 6.46. The second-order valence-corrected chi connectivity index (χ2v) is 6.98. The highest BCUT2D eigenvalue weighted by Gasteiger charge is 2.35. The Labute approximate surface area is 158 Å². The maximum absolute atomic E-state index is 12.9. The van der Waals surface area contributed by atoms with Crippen molar-refractivity contribution in [3.63, 3.8) is 0 Å². The molecule has 9 heteroatoms. The Hall–Kier alpha value is -2.03. The zero-order valence-corrected chi connectivity index (χ0v) is 16.2. The lowest BCUT2D eigenvalue weighted by Gasteiger charge is -2.22. The second kappa shape index (κ2) is 9.25. The molecule has 0 spiro atoms. The van der Waals surface area contributed by atoms with E-state index in [4.69, 9.17) is 4.74 Å². The molecule has 0 amide bonds. The van der Waals surface area contributed by atoms with Gasteiger partial charge in [0.15, 0.2) is 5.96 Å². The molecule has 1 aromatic heterocycles. The lowest BCUT2D eigenvalue weighted by Crippen LogP contribution is -2.47. The van der Waals surface area contributed by atoms with Crippen LogP contribution in [-0.4, -0.2) is 61.2 Å². The van der Waals surface area contributed by atoms with Crippen LogP contribution < -0.4 is 15.4 Å². The third kappa shape index (κ3) is 5.98. The van der Waals surface area contributed by atoms with E-state index in [-0.39, 0.29) is 12.6 Å². The monoisotopic (exact) mass is 387 g/mol. The number of hydrogen-bond donors (Lipinski definition) is 2. The molecule has 1 saturated heterocycles. The van der Waals surface area contributed by atoms with Crippen LogP contribution in [0.2, 0.25) is 0 Å². The number of nitrogens with zero attached hydrogens (tertiary/aromatic N) is 3. The van der Waals surface area contributed by atoms with Gasteiger partial charge in [-0.1, -0.05) is 6.92 Å². The Morgan fingerprint density at radius 3 is 2.74 bits per heavy atom. The molecule has 0 radical (unpaired) electrons. The van der Waals surface area contributed by atoms with Gasteiger partial charge >= 0.3 is 6.18 Å². The largest absolute Gasteiger partial charge is 0.475 e. The summed E-state index contributed by atoms with van der Waals surface area (Å²) in [6.45, 7) is 8.84. The summed E-state index contributed by atoms with van der Waals surface area (Å²) in [6.07, 6.45) is -3.21. The van der Waals surface area contributed by atoms with E-state index in [1.807, 2.05) is 0 Å². The molecule has 1 aliphatic heterocycles. The van der Waals surface area contributed by atoms with Crippen molar-refractivity contribution in [2.45, 2.75) is 39.0 Å². The smallest absolute Gasteiger partial charge is 0.421 e. The zero-order valence-electron chi connectivity index (χ0n) is 16.2. The maximum atomic E-state index is 12.9. The Kier molecular flexibility index (Phi) is 7.29. The number of alkyl halides is 3. The van der Waals surface area contributed by atoms with Crippen molar-refractivity contribution >= 4 is 5.96 Å². The first kappa shape index (κ1) is 21.3. The molecule has 0 saturated carbocycles. The number of nitrogens with one attached hydrogen (secondary N) is 2. The fourth-order valence-electron chi connectivity index (χ4n) is 3.02. The van der Waals surface area contributed by atoms with Crippen LogP contribution in [0.1, 0.15) is 26.3 Å². The number of pyridine rings is 1. The van der Waals surface area contributed by atoms with E-state index in [1.54, 1.807) is 7.05 Å². The number of ether oxygens (including phenoxy) is 1. The summed E-state index contributed by atoms with van der Waals surface area (Å²) in [5.74, 6) is 0.676. The van der Waals surface area contributed by atoms with Crippen molar-refractivity contribution in [1.29, 1.82) is 0 Å². The molecular weight excluding hydrogens is 359 g/mol. The minimum absolute atomic E-state index is 0.0408. The molecule has 2 rings (SSSR count). The molecule has 6 nitrogen and oxygen atoms in total. The van der Waals surface area contributed by atoms with Crippen LogP contribution in [0.15, 0.2) is 23.3 Å². The number of likely N-dealkylation sites (tertiary alicyclic amines) is 1. The van der Waals surface area contributed by atoms with Gasteiger partial charge in [0.05, 0.1) is 6.54 Å². The molecular formula is C18H28F3N5O. The quantitative estimate of drug-likeness (QED) is 0.446. The summed E-state index contributed by atoms with van der Waals surface area (Å²) in [4.78, 5) is 10.3. The predicted molar refractivity (Wildman–Crippen MR) is 98.9 cm³/mol. The number of halogens is 3. The molecule has 0 aromatic carbocycles. The normalized spacial score (nSPS) is 21.6. The van der Waals surface area contributed by atoms with E-state index in [9.17, 15) is 13.2 Å². The van der Waals surface area contributed by atoms with Crippen LogP contribution in [0.25, 0.3) is 0 Å². The van der Waals surface area contributed by atoms with Gasteiger partial charge in [-0.15, -0.1) is 0 Å². The topological polar surface area (TPSA) is 61.8 Å². The first-order valence-corrected chi connectivity index (χ1v) is 9.08. The third-order valence-electron chi connectivity index (χ3n) is 4.63. The number of aromatic nitrogens is 1. The van der Waals surface area contributed by atoms with Gasteiger partial charge in [0.25, 0.3) is 0 Å². The lowest BCUT2D eigenvalue weighted by molar-refractivity contribution is -0.139. The Morgan fingerprint density at radius 1 is 1.41 bits per heavy atom. The average molecular weight is 387 g/mol. The average Bonchev–Trinajstić information content (AvgIpc) is 2.98. The molecule has 1 fully saturated rings. The summed E-state index contributed by atoms with van der Waals surface area (Å²) >= 11 is 0. The van der Waals surface area contributed by atoms with Gasteiger partial charge in [-0.05, 0) is 31.9 Å². The van der Waals surface area contributed by atoms with E-state index in [0.717, 1.165) is 19.2 Å². The van der Waals surface area contributed by atoms with E-state index < -0.39 is 17.6 Å². The van der Waals surface area contributed by atoms with Gasteiger partial charge in [0.1, 0.15) is 12.2 Å². The fourth-order valence-corrected chi connectivity index (χ4v) is 3.02. The van der Waals surface area contributed by atoms with Crippen LogP contribution >= 0.6 is 0 Å². The number of rotatable bonds is 6. The molecule has 2 unspecified atom stereocenters. The van der Waals surface area contributed by atoms with Gasteiger partial charge in [0, 0.05) is 38.4 Å². The van der Waals surface area contributed by atoms with Crippen LogP contribution in [-0.2, 0) is 6.18 Å². The van der Waals surface area contributed by atoms with Gasteiger partial charge < -0.3 is 15.4 Å². The van der Waals surface area contributed by atoms with Crippen molar-refractivity contribution in [2.75, 3.05) is 33.3 Å². The summed E-state index contributed by atoms with van der Waals surface area (Å²) in [6, 6.07) is 2.96. The molecule has 2 heterocycles. The van der Waals surface area contributed by atoms with Gasteiger partial charge in [-0.25, -0.2) is 4.98 Å². The second-order valence-electron chi connectivity index (χ2n) is 6.98. The van der Waals surface area contributed by atoms with E-state index in [0.29, 0.717) is 24.5 Å². The van der Waals surface area contributed by atoms with Gasteiger partial charge in [0.2, 0.25) is 5.88 Å². The molecule has 1 aliphatic rings. The zero-order chi connectivity index (χ0) is 20.0. The minimum Gasteiger partial charge on any atom is -0.475 e. The van der Waals surface area contributed by atoms with Crippen molar-refractivity contribution in [2.24, 2.45) is 10.9 Å². The summed E-state index contributed by atoms with van der Waals surface area (Å²) in [5.41, 5.74) is -0.874. The Balaban J connectivity index is 1.81. The molecule has 0 bridgehead atoms. The van der Waals surface area contributed by atoms with E-state index in [2.05, 4.69) is 46.3 Å². The summed E-state index contributed by atoms with van der Waals surface area (Å²) < 4.78 is 44.0. The Bertz CT molecular complexity index is 636. The lowest BCUT2D eigenvalue weighted by atomic mass is 10.1. The van der Waals surface area contributed by atoms with Crippen molar-refractivity contribution in [3.05, 3.63) is 23.9 Å². The number of aliphatic imine (C=N–C) groups is 1. The minimum atomic E-state index is -4.49. The standard InChI is InChI=1S/C18H28F3N5O/c1-12(2)26-10-13(3)15(11-26)25-17(22-4)24-8-9-27-16-14(18(19,20)21)6-5-7-23-16/h5-7,12-13,15H,8-11H2,1-4H3,(H2,22,24,25). The highest BCUT2D eigenvalue weighted by atomic mass is 19.4. The summed E-state index contributed by atoms with van der Waals surface area (Å²) in [7, 11) is 1.66. The van der Waals surface area contributed by atoms with Gasteiger partial charge in [-0.2, -0.15) is 13.2 Å². The first-order chi connectivity index (χ1) is 12.7. The van der Waals surface area contributed by atoms with E-state index in [1.165, 1.54) is 12.3 Å². The van der Waals surface area contributed by atoms with Gasteiger partial charge in [-0.3, -0.25) is 9.89 Å². The highest BCUT2D eigenvalue weighted by Crippen LogP contribution is 2.34. The molecule has 2 atom stereocenters. The SMILES string of the molecule is CN=C(NCCOc1ncccc1C(F)(F)F)NC1CN(C(C)C)CC1C. The molecule has 1 aromatic rings. The van der Waals surface area contributed by atoms with Crippen LogP contribution in [0, 0.1) is 5.92 Å². The third-order valence-corrected chi connectivity index (χ3v) is 4.63. The Morgan fingerprint density at radius 2 is 2.15 bits per heavy atom. The first-order valence-electron chi connectivity index (χ1n) is 9.08. The van der Waals surface area contributed by atoms with Crippen molar-refractivity contribution in [3.8, 4) is 5.88 Å². The van der Waals surface area contributed by atoms with Crippen LogP contribution in [0.5, 0.6) is 5.88 Å². The molecule has 152 valence electrons. The molecule has 0 aliphatic carbocycles. The van der Waals surface area contributed by atoms with Crippen molar-refractivity contribution in [1.82, 2.24) is 20.5 Å². The molecule has 2 N–H and O–H groups in total. The molecule has 27 heavy (non-hydrogen) atoms. The fraction of sp³-hybridized carbons (Fsp3) is 0.667. The predicted octanol–water partition coefficient (Wildman–Crippen LogP) is 2.37. The van der Waals surface area contributed by atoms with Crippen LogP contribution in [0.4, 0.5) is 13.2 Å². The highest BCUT2D eigenvalue weighted by molar-refractivity contribution is 5.80.